The van der Waals surface area contributed by atoms with E-state index in [0.717, 1.165) is 0 Å². The van der Waals surface area contributed by atoms with E-state index in [1.807, 2.05) is 13.8 Å². The maximum atomic E-state index is 10.9. The molecule has 0 radical (unpaired) electrons. The van der Waals surface area contributed by atoms with Crippen LogP contribution in [0.2, 0.25) is 0 Å². The largest absolute Gasteiger partial charge is 0.481 e. The van der Waals surface area contributed by atoms with E-state index in [1.165, 1.54) is 0 Å². The van der Waals surface area contributed by atoms with Crippen molar-refractivity contribution in [3.8, 4) is 0 Å². The predicted octanol–water partition coefficient (Wildman–Crippen LogP) is 2.39. The number of nitrogens with zero attached hydrogens (tertiary/aromatic N) is 1. The van der Waals surface area contributed by atoms with E-state index in [-0.39, 0.29) is 22.7 Å². The molecule has 16 heavy (non-hydrogen) atoms. The van der Waals surface area contributed by atoms with Gasteiger partial charge in [-0.1, -0.05) is 39.8 Å². The van der Waals surface area contributed by atoms with Gasteiger partial charge in [-0.15, -0.1) is 0 Å². The van der Waals surface area contributed by atoms with Crippen LogP contribution in [0.4, 0.5) is 0 Å². The molecule has 0 heterocycles. The molecule has 1 saturated carbocycles. The van der Waals surface area contributed by atoms with Gasteiger partial charge in [-0.05, 0) is 10.8 Å². The van der Waals surface area contributed by atoms with Gasteiger partial charge >= 0.3 is 5.97 Å². The minimum absolute atomic E-state index is 0.00929. The number of rotatable bonds is 4. The molecule has 1 aliphatic rings. The lowest BCUT2D eigenvalue weighted by atomic mass is 9.99. The molecule has 92 valence electrons. The first-order valence-corrected chi connectivity index (χ1v) is 5.54. The van der Waals surface area contributed by atoms with Crippen molar-refractivity contribution in [2.24, 2.45) is 27.8 Å². The predicted molar refractivity (Wildman–Crippen MR) is 62.3 cm³/mol. The summed E-state index contributed by atoms with van der Waals surface area (Å²) in [6, 6.07) is 0. The molecular weight excluding hydrogens is 206 g/mol. The van der Waals surface area contributed by atoms with Gasteiger partial charge in [0.15, 0.2) is 0 Å². The lowest BCUT2D eigenvalue weighted by Gasteiger charge is -2.15. The van der Waals surface area contributed by atoms with Crippen LogP contribution >= 0.6 is 0 Å². The van der Waals surface area contributed by atoms with Gasteiger partial charge in [0, 0.05) is 12.1 Å². The SMILES string of the molecule is CC(C)(C)CON=C[C@@H]1[C@@H](C(=O)O)C1(C)C. The van der Waals surface area contributed by atoms with E-state index in [4.69, 9.17) is 9.94 Å². The number of oxime groups is 1. The second-order valence-electron chi connectivity index (χ2n) is 6.25. The third-order valence-corrected chi connectivity index (χ3v) is 2.97. The molecule has 1 N–H and O–H groups in total. The molecule has 0 amide bonds. The number of aliphatic carboxylic acids is 1. The summed E-state index contributed by atoms with van der Waals surface area (Å²) in [6.45, 7) is 10.6. The minimum Gasteiger partial charge on any atom is -0.481 e. The Morgan fingerprint density at radius 1 is 1.50 bits per heavy atom. The van der Waals surface area contributed by atoms with Crippen LogP contribution in [0.1, 0.15) is 34.6 Å². The van der Waals surface area contributed by atoms with Crippen molar-refractivity contribution >= 4 is 12.2 Å². The van der Waals surface area contributed by atoms with E-state index in [9.17, 15) is 4.79 Å². The summed E-state index contributed by atoms with van der Waals surface area (Å²) in [5.41, 5.74) is -0.122. The fourth-order valence-electron chi connectivity index (χ4n) is 1.77. The van der Waals surface area contributed by atoms with Gasteiger partial charge in [0.1, 0.15) is 6.61 Å². The zero-order valence-corrected chi connectivity index (χ0v) is 10.7. The Hall–Kier alpha value is -1.06. The first kappa shape index (κ1) is 13.0. The van der Waals surface area contributed by atoms with Crippen molar-refractivity contribution in [1.82, 2.24) is 0 Å². The molecule has 1 rings (SSSR count). The number of hydrogen-bond donors (Lipinski definition) is 1. The maximum absolute atomic E-state index is 10.9. The maximum Gasteiger partial charge on any atom is 0.307 e. The molecule has 0 bridgehead atoms. The Balaban J connectivity index is 2.40. The highest BCUT2D eigenvalue weighted by Crippen LogP contribution is 2.57. The van der Waals surface area contributed by atoms with Crippen LogP contribution in [0, 0.1) is 22.7 Å². The summed E-state index contributed by atoms with van der Waals surface area (Å²) in [5, 5.41) is 12.8. The van der Waals surface area contributed by atoms with Gasteiger partial charge in [-0.2, -0.15) is 0 Å². The van der Waals surface area contributed by atoms with Crippen LogP contribution in [-0.4, -0.2) is 23.9 Å². The van der Waals surface area contributed by atoms with E-state index in [1.54, 1.807) is 6.21 Å². The molecule has 1 fully saturated rings. The summed E-state index contributed by atoms with van der Waals surface area (Å²) >= 11 is 0. The van der Waals surface area contributed by atoms with E-state index in [2.05, 4.69) is 25.9 Å². The standard InChI is InChI=1S/C12H21NO3/c1-11(2,3)7-16-13-6-8-9(10(14)15)12(8,4)5/h6,8-9H,7H2,1-5H3,(H,14,15)/t8-,9+/m1/s1. The lowest BCUT2D eigenvalue weighted by molar-refractivity contribution is -0.139. The van der Waals surface area contributed by atoms with Crippen LogP contribution in [0.15, 0.2) is 5.16 Å². The highest BCUT2D eigenvalue weighted by atomic mass is 16.6. The van der Waals surface area contributed by atoms with E-state index in [0.29, 0.717) is 6.61 Å². The van der Waals surface area contributed by atoms with Gasteiger partial charge in [0.05, 0.1) is 5.92 Å². The van der Waals surface area contributed by atoms with Crippen molar-refractivity contribution in [3.63, 3.8) is 0 Å². The van der Waals surface area contributed by atoms with Gasteiger partial charge < -0.3 is 9.94 Å². The smallest absolute Gasteiger partial charge is 0.307 e. The molecular formula is C12H21NO3. The molecule has 0 spiro atoms. The van der Waals surface area contributed by atoms with Gasteiger partial charge in [0.25, 0.3) is 0 Å². The molecule has 0 aromatic carbocycles. The Labute approximate surface area is 96.7 Å². The van der Waals surface area contributed by atoms with Crippen LogP contribution in [0.5, 0.6) is 0 Å². The van der Waals surface area contributed by atoms with Gasteiger partial charge in [-0.25, -0.2) is 0 Å². The second-order valence-corrected chi connectivity index (χ2v) is 6.25. The second kappa shape index (κ2) is 4.07. The highest BCUT2D eigenvalue weighted by molar-refractivity contribution is 5.84. The van der Waals surface area contributed by atoms with Crippen LogP contribution < -0.4 is 0 Å². The number of carboxylic acids is 1. The normalized spacial score (nSPS) is 28.1. The van der Waals surface area contributed by atoms with Crippen LogP contribution in [0.25, 0.3) is 0 Å². The molecule has 0 aromatic heterocycles. The Bertz CT molecular complexity index is 302. The first-order valence-electron chi connectivity index (χ1n) is 5.54. The first-order chi connectivity index (χ1) is 7.16. The summed E-state index contributed by atoms with van der Waals surface area (Å²) in [6.07, 6.45) is 1.63. The fourth-order valence-corrected chi connectivity index (χ4v) is 1.77. The molecule has 0 aliphatic heterocycles. The average molecular weight is 227 g/mol. The highest BCUT2D eigenvalue weighted by Gasteiger charge is 2.61. The van der Waals surface area contributed by atoms with Gasteiger partial charge in [0.2, 0.25) is 0 Å². The third-order valence-electron chi connectivity index (χ3n) is 2.97. The topological polar surface area (TPSA) is 58.9 Å². The van der Waals surface area contributed by atoms with Crippen LogP contribution in [0.3, 0.4) is 0 Å². The quantitative estimate of drug-likeness (QED) is 0.592. The number of hydrogen-bond acceptors (Lipinski definition) is 3. The Kier molecular flexibility index (Phi) is 3.31. The summed E-state index contributed by atoms with van der Waals surface area (Å²) in [7, 11) is 0. The molecule has 0 aromatic rings. The van der Waals surface area contributed by atoms with Crippen molar-refractivity contribution in [2.45, 2.75) is 34.6 Å². The Morgan fingerprint density at radius 2 is 2.06 bits per heavy atom. The zero-order chi connectivity index (χ0) is 12.6. The van der Waals surface area contributed by atoms with Crippen molar-refractivity contribution in [3.05, 3.63) is 0 Å². The van der Waals surface area contributed by atoms with E-state index >= 15 is 0 Å². The van der Waals surface area contributed by atoms with Gasteiger partial charge in [-0.3, -0.25) is 4.79 Å². The third kappa shape index (κ3) is 2.97. The monoisotopic (exact) mass is 227 g/mol. The minimum atomic E-state index is -0.753. The van der Waals surface area contributed by atoms with Crippen molar-refractivity contribution < 1.29 is 14.7 Å². The molecule has 0 saturated heterocycles. The van der Waals surface area contributed by atoms with Crippen LogP contribution in [-0.2, 0) is 9.63 Å². The zero-order valence-electron chi connectivity index (χ0n) is 10.7. The summed E-state index contributed by atoms with van der Waals surface area (Å²) in [5.74, 6) is -1.09. The van der Waals surface area contributed by atoms with E-state index < -0.39 is 5.97 Å². The molecule has 4 nitrogen and oxygen atoms in total. The summed E-state index contributed by atoms with van der Waals surface area (Å²) in [4.78, 5) is 16.0. The Morgan fingerprint density at radius 3 is 2.44 bits per heavy atom. The number of carboxylic acid groups (broad SMARTS) is 1. The molecule has 2 atom stereocenters. The lowest BCUT2D eigenvalue weighted by Crippen LogP contribution is -2.12. The fraction of sp³-hybridized carbons (Fsp3) is 0.833. The molecule has 4 heteroatoms. The summed E-state index contributed by atoms with van der Waals surface area (Å²) < 4.78 is 0. The van der Waals surface area contributed by atoms with Crippen molar-refractivity contribution in [1.29, 1.82) is 0 Å². The molecule has 1 aliphatic carbocycles. The van der Waals surface area contributed by atoms with Crippen molar-refractivity contribution in [2.75, 3.05) is 6.61 Å². The number of carbonyl (C=O) groups is 1. The average Bonchev–Trinajstić information content (AvgIpc) is 2.60. The molecule has 0 unspecified atom stereocenters.